The van der Waals surface area contributed by atoms with Crippen molar-refractivity contribution in [3.05, 3.63) is 57.2 Å². The molecule has 0 spiro atoms. The molecule has 2 heterocycles. The van der Waals surface area contributed by atoms with Crippen molar-refractivity contribution >= 4 is 28.8 Å². The molecule has 3 nitrogen and oxygen atoms in total. The van der Waals surface area contributed by atoms with Crippen LogP contribution in [-0.4, -0.2) is 29.9 Å². The van der Waals surface area contributed by atoms with Crippen LogP contribution in [0.15, 0.2) is 42.5 Å². The number of aryl methyl sites for hydroxylation is 1. The van der Waals surface area contributed by atoms with Gasteiger partial charge in [0.15, 0.2) is 0 Å². The van der Waals surface area contributed by atoms with Gasteiger partial charge in [0.05, 0.1) is 4.34 Å². The molecule has 1 atom stereocenters. The Morgan fingerprint density at radius 1 is 1.26 bits per heavy atom. The Morgan fingerprint density at radius 2 is 2.09 bits per heavy atom. The maximum Gasteiger partial charge on any atom is 0.220 e. The van der Waals surface area contributed by atoms with Gasteiger partial charge in [-0.3, -0.25) is 9.69 Å². The molecule has 1 aliphatic rings. The predicted molar refractivity (Wildman–Crippen MR) is 95.9 cm³/mol. The van der Waals surface area contributed by atoms with Gasteiger partial charge in [-0.15, -0.1) is 11.3 Å². The van der Waals surface area contributed by atoms with Crippen LogP contribution in [0.3, 0.4) is 0 Å². The molecule has 1 aromatic carbocycles. The smallest absolute Gasteiger partial charge is 0.220 e. The number of rotatable bonds is 6. The second-order valence-corrected chi connectivity index (χ2v) is 7.78. The first-order valence-corrected chi connectivity index (χ1v) is 9.18. The minimum absolute atomic E-state index is 0.140. The molecule has 0 radical (unpaired) electrons. The Hall–Kier alpha value is -1.36. The molecule has 1 N–H and O–H groups in total. The van der Waals surface area contributed by atoms with Crippen molar-refractivity contribution in [3.8, 4) is 0 Å². The average Bonchev–Trinajstić information content (AvgIpc) is 3.15. The second-order valence-electron chi connectivity index (χ2n) is 5.98. The van der Waals surface area contributed by atoms with E-state index in [4.69, 9.17) is 11.6 Å². The minimum atomic E-state index is 0.140. The number of nitrogens with one attached hydrogen (secondary N) is 1. The summed E-state index contributed by atoms with van der Waals surface area (Å²) in [6, 6.07) is 14.6. The lowest BCUT2D eigenvalue weighted by Crippen LogP contribution is -2.37. The third kappa shape index (κ3) is 5.06. The van der Waals surface area contributed by atoms with Crippen molar-refractivity contribution in [1.82, 2.24) is 10.2 Å². The lowest BCUT2D eigenvalue weighted by molar-refractivity contribution is -0.121. The molecule has 0 bridgehead atoms. The highest BCUT2D eigenvalue weighted by atomic mass is 35.5. The standard InChI is InChI=1S/C18H21ClN2OS/c19-17-8-6-16(23-17)7-9-18(22)20-15-10-11-21(13-15)12-14-4-2-1-3-5-14/h1-6,8,15H,7,9-13H2,(H,20,22). The average molecular weight is 349 g/mol. The molecule has 1 fully saturated rings. The molecule has 3 rings (SSSR count). The normalized spacial score (nSPS) is 18.2. The highest BCUT2D eigenvalue weighted by molar-refractivity contribution is 7.16. The molecule has 1 aromatic heterocycles. The van der Waals surface area contributed by atoms with Crippen LogP contribution in [0.5, 0.6) is 0 Å². The summed E-state index contributed by atoms with van der Waals surface area (Å²) in [6.45, 7) is 2.94. The number of hydrogen-bond donors (Lipinski definition) is 1. The molecular weight excluding hydrogens is 328 g/mol. The van der Waals surface area contributed by atoms with E-state index in [2.05, 4.69) is 34.5 Å². The van der Waals surface area contributed by atoms with Gasteiger partial charge in [-0.2, -0.15) is 0 Å². The van der Waals surface area contributed by atoms with E-state index in [1.54, 1.807) is 11.3 Å². The molecule has 1 saturated heterocycles. The van der Waals surface area contributed by atoms with Gasteiger partial charge in [-0.05, 0) is 30.5 Å². The highest BCUT2D eigenvalue weighted by Gasteiger charge is 2.23. The summed E-state index contributed by atoms with van der Waals surface area (Å²) in [4.78, 5) is 15.7. The van der Waals surface area contributed by atoms with E-state index in [-0.39, 0.29) is 11.9 Å². The Morgan fingerprint density at radius 3 is 2.83 bits per heavy atom. The number of likely N-dealkylation sites (tertiary alicyclic amines) is 1. The number of halogens is 1. The quantitative estimate of drug-likeness (QED) is 0.862. The van der Waals surface area contributed by atoms with Gasteiger partial charge < -0.3 is 5.32 Å². The van der Waals surface area contributed by atoms with Gasteiger partial charge >= 0.3 is 0 Å². The van der Waals surface area contributed by atoms with Crippen molar-refractivity contribution in [2.45, 2.75) is 31.8 Å². The largest absolute Gasteiger partial charge is 0.352 e. The molecule has 1 amide bonds. The molecule has 1 aliphatic heterocycles. The molecule has 23 heavy (non-hydrogen) atoms. The first-order valence-electron chi connectivity index (χ1n) is 7.99. The summed E-state index contributed by atoms with van der Waals surface area (Å²) in [6.07, 6.45) is 2.33. The molecule has 2 aromatic rings. The van der Waals surface area contributed by atoms with Gasteiger partial charge in [-0.25, -0.2) is 0 Å². The number of thiophene rings is 1. The highest BCUT2D eigenvalue weighted by Crippen LogP contribution is 2.22. The van der Waals surface area contributed by atoms with Crippen molar-refractivity contribution in [2.75, 3.05) is 13.1 Å². The van der Waals surface area contributed by atoms with Gasteiger partial charge in [0, 0.05) is 37.0 Å². The summed E-state index contributed by atoms with van der Waals surface area (Å²) in [5.41, 5.74) is 1.33. The van der Waals surface area contributed by atoms with Crippen molar-refractivity contribution in [1.29, 1.82) is 0 Å². The van der Waals surface area contributed by atoms with E-state index >= 15 is 0 Å². The summed E-state index contributed by atoms with van der Waals surface area (Å²) < 4.78 is 0.785. The van der Waals surface area contributed by atoms with E-state index < -0.39 is 0 Å². The monoisotopic (exact) mass is 348 g/mol. The molecule has 122 valence electrons. The number of carbonyl (C=O) groups is 1. The lowest BCUT2D eigenvalue weighted by Gasteiger charge is -2.16. The zero-order valence-electron chi connectivity index (χ0n) is 13.0. The third-order valence-corrected chi connectivity index (χ3v) is 5.40. The summed E-state index contributed by atoms with van der Waals surface area (Å²) in [7, 11) is 0. The number of benzene rings is 1. The van der Waals surface area contributed by atoms with E-state index in [0.29, 0.717) is 6.42 Å². The van der Waals surface area contributed by atoms with Crippen LogP contribution in [0.4, 0.5) is 0 Å². The topological polar surface area (TPSA) is 32.3 Å². The fraction of sp³-hybridized carbons (Fsp3) is 0.389. The zero-order valence-corrected chi connectivity index (χ0v) is 14.6. The molecule has 0 saturated carbocycles. The Bertz CT molecular complexity index is 643. The van der Waals surface area contributed by atoms with Crippen LogP contribution in [0.1, 0.15) is 23.3 Å². The van der Waals surface area contributed by atoms with Crippen LogP contribution in [0, 0.1) is 0 Å². The van der Waals surface area contributed by atoms with Crippen LogP contribution >= 0.6 is 22.9 Å². The third-order valence-electron chi connectivity index (χ3n) is 4.11. The Kier molecular flexibility index (Phi) is 5.70. The maximum absolute atomic E-state index is 12.1. The zero-order chi connectivity index (χ0) is 16.1. The van der Waals surface area contributed by atoms with Crippen LogP contribution < -0.4 is 5.32 Å². The van der Waals surface area contributed by atoms with Crippen LogP contribution in [0.2, 0.25) is 4.34 Å². The number of carbonyl (C=O) groups excluding carboxylic acids is 1. The number of nitrogens with zero attached hydrogens (tertiary/aromatic N) is 1. The fourth-order valence-electron chi connectivity index (χ4n) is 2.96. The van der Waals surface area contributed by atoms with Gasteiger partial charge in [0.2, 0.25) is 5.91 Å². The Labute approximate surface area is 146 Å². The van der Waals surface area contributed by atoms with E-state index in [9.17, 15) is 4.79 Å². The first-order chi connectivity index (χ1) is 11.2. The van der Waals surface area contributed by atoms with Crippen molar-refractivity contribution < 1.29 is 4.79 Å². The maximum atomic E-state index is 12.1. The summed E-state index contributed by atoms with van der Waals surface area (Å²) in [5.74, 6) is 0.140. The number of amides is 1. The summed E-state index contributed by atoms with van der Waals surface area (Å²) >= 11 is 7.46. The van der Waals surface area contributed by atoms with E-state index in [1.165, 1.54) is 10.4 Å². The van der Waals surface area contributed by atoms with Crippen molar-refractivity contribution in [2.24, 2.45) is 0 Å². The molecule has 5 heteroatoms. The van der Waals surface area contributed by atoms with E-state index in [0.717, 1.165) is 36.8 Å². The summed E-state index contributed by atoms with van der Waals surface area (Å²) in [5, 5.41) is 3.16. The fourth-order valence-corrected chi connectivity index (χ4v) is 4.05. The van der Waals surface area contributed by atoms with Gasteiger partial charge in [-0.1, -0.05) is 41.9 Å². The predicted octanol–water partition coefficient (Wildman–Crippen LogP) is 3.72. The lowest BCUT2D eigenvalue weighted by atomic mass is 10.2. The Balaban J connectivity index is 1.40. The van der Waals surface area contributed by atoms with Gasteiger partial charge in [0.1, 0.15) is 0 Å². The molecular formula is C18H21ClN2OS. The molecule has 1 unspecified atom stereocenters. The van der Waals surface area contributed by atoms with Gasteiger partial charge in [0.25, 0.3) is 0 Å². The molecule has 0 aliphatic carbocycles. The first kappa shape index (κ1) is 16.5. The van der Waals surface area contributed by atoms with Crippen LogP contribution in [0.25, 0.3) is 0 Å². The number of hydrogen-bond acceptors (Lipinski definition) is 3. The SMILES string of the molecule is O=C(CCc1ccc(Cl)s1)NC1CCN(Cc2ccccc2)C1. The van der Waals surface area contributed by atoms with E-state index in [1.807, 2.05) is 18.2 Å². The van der Waals surface area contributed by atoms with Crippen molar-refractivity contribution in [3.63, 3.8) is 0 Å². The van der Waals surface area contributed by atoms with Crippen LogP contribution in [-0.2, 0) is 17.8 Å². The minimum Gasteiger partial charge on any atom is -0.352 e. The second kappa shape index (κ2) is 7.95.